The zero-order valence-electron chi connectivity index (χ0n) is 6.57. The lowest BCUT2D eigenvalue weighted by atomic mass is 10.2. The topological polar surface area (TPSA) is 47.0 Å². The van der Waals surface area contributed by atoms with E-state index in [2.05, 4.69) is 20.9 Å². The van der Waals surface area contributed by atoms with Gasteiger partial charge in [-0.1, -0.05) is 6.07 Å². The highest BCUT2D eigenvalue weighted by Crippen LogP contribution is 2.13. The Kier molecular flexibility index (Phi) is 3.38. The van der Waals surface area contributed by atoms with Crippen molar-refractivity contribution in [1.29, 1.82) is 0 Å². The van der Waals surface area contributed by atoms with Crippen LogP contribution in [-0.2, 0) is 16.6 Å². The van der Waals surface area contributed by atoms with Gasteiger partial charge in [-0.15, -0.1) is 3.89 Å². The standard InChI is InChI=1S/C7H7BrFNO2S/c8-7-6(2-1-4-10-7)3-5-13(9,11)12/h1-2,4H,3,5H2. The fraction of sp³-hybridized carbons (Fsp3) is 0.286. The molecule has 0 saturated carbocycles. The van der Waals surface area contributed by atoms with E-state index in [1.807, 2.05) is 0 Å². The van der Waals surface area contributed by atoms with Crippen LogP contribution in [0.4, 0.5) is 3.89 Å². The number of rotatable bonds is 3. The summed E-state index contributed by atoms with van der Waals surface area (Å²) in [5.41, 5.74) is 0.684. The molecule has 0 aliphatic rings. The minimum absolute atomic E-state index is 0.132. The molecule has 72 valence electrons. The van der Waals surface area contributed by atoms with E-state index in [1.165, 1.54) is 0 Å². The molecular formula is C7H7BrFNO2S. The lowest BCUT2D eigenvalue weighted by molar-refractivity contribution is 0.551. The molecule has 0 atom stereocenters. The first-order valence-corrected chi connectivity index (χ1v) is 5.85. The van der Waals surface area contributed by atoms with Gasteiger partial charge in [-0.05, 0) is 34.0 Å². The van der Waals surface area contributed by atoms with Gasteiger partial charge >= 0.3 is 10.2 Å². The van der Waals surface area contributed by atoms with Crippen LogP contribution in [0.3, 0.4) is 0 Å². The Morgan fingerprint density at radius 3 is 2.77 bits per heavy atom. The molecule has 1 heterocycles. The van der Waals surface area contributed by atoms with Gasteiger partial charge in [0.1, 0.15) is 4.60 Å². The third-order valence-corrected chi connectivity index (χ3v) is 2.86. The van der Waals surface area contributed by atoms with E-state index in [9.17, 15) is 12.3 Å². The number of aromatic nitrogens is 1. The van der Waals surface area contributed by atoms with E-state index in [-0.39, 0.29) is 6.42 Å². The van der Waals surface area contributed by atoms with Gasteiger partial charge < -0.3 is 0 Å². The monoisotopic (exact) mass is 267 g/mol. The van der Waals surface area contributed by atoms with Crippen LogP contribution >= 0.6 is 15.9 Å². The van der Waals surface area contributed by atoms with Crippen LogP contribution in [-0.4, -0.2) is 19.2 Å². The summed E-state index contributed by atoms with van der Waals surface area (Å²) >= 11 is 3.14. The highest BCUT2D eigenvalue weighted by molar-refractivity contribution is 9.10. The maximum atomic E-state index is 12.1. The Hall–Kier alpha value is -0.490. The number of hydrogen-bond donors (Lipinski definition) is 0. The second-order valence-corrected chi connectivity index (χ2v) is 4.68. The van der Waals surface area contributed by atoms with E-state index in [0.29, 0.717) is 10.2 Å². The Morgan fingerprint density at radius 2 is 2.23 bits per heavy atom. The number of halogens is 2. The summed E-state index contributed by atoms with van der Waals surface area (Å²) in [7, 11) is -4.39. The Balaban J connectivity index is 2.71. The van der Waals surface area contributed by atoms with Crippen molar-refractivity contribution in [3.05, 3.63) is 28.5 Å². The number of nitrogens with zero attached hydrogens (tertiary/aromatic N) is 1. The first-order chi connectivity index (χ1) is 5.99. The first kappa shape index (κ1) is 10.6. The normalized spacial score (nSPS) is 11.5. The number of aryl methyl sites for hydroxylation is 1. The SMILES string of the molecule is O=S(=O)(F)CCc1cccnc1Br. The fourth-order valence-corrected chi connectivity index (χ4v) is 1.75. The van der Waals surface area contributed by atoms with Gasteiger partial charge in [0.05, 0.1) is 5.75 Å². The number of hydrogen-bond acceptors (Lipinski definition) is 3. The average Bonchev–Trinajstić information content (AvgIpc) is 2.01. The lowest BCUT2D eigenvalue weighted by Gasteiger charge is -1.99. The van der Waals surface area contributed by atoms with Crippen LogP contribution in [0, 0.1) is 0 Å². The third-order valence-electron chi connectivity index (χ3n) is 1.45. The summed E-state index contributed by atoms with van der Waals surface area (Å²) in [4.78, 5) is 3.88. The van der Waals surface area contributed by atoms with Crippen LogP contribution < -0.4 is 0 Å². The maximum Gasteiger partial charge on any atom is 0.302 e. The van der Waals surface area contributed by atoms with Gasteiger partial charge in [0, 0.05) is 6.20 Å². The van der Waals surface area contributed by atoms with Crippen molar-refractivity contribution in [2.75, 3.05) is 5.75 Å². The fourth-order valence-electron chi connectivity index (χ4n) is 0.838. The maximum absolute atomic E-state index is 12.1. The minimum atomic E-state index is -4.39. The zero-order valence-corrected chi connectivity index (χ0v) is 8.98. The quantitative estimate of drug-likeness (QED) is 0.619. The van der Waals surface area contributed by atoms with E-state index in [4.69, 9.17) is 0 Å². The van der Waals surface area contributed by atoms with Crippen LogP contribution in [0.2, 0.25) is 0 Å². The predicted molar refractivity (Wildman–Crippen MR) is 50.5 cm³/mol. The van der Waals surface area contributed by atoms with E-state index < -0.39 is 16.0 Å². The van der Waals surface area contributed by atoms with Crippen molar-refractivity contribution in [1.82, 2.24) is 4.98 Å². The summed E-state index contributed by atoms with van der Waals surface area (Å²) in [6, 6.07) is 3.37. The smallest absolute Gasteiger partial charge is 0.249 e. The zero-order chi connectivity index (χ0) is 9.90. The molecule has 0 spiro atoms. The van der Waals surface area contributed by atoms with Crippen molar-refractivity contribution < 1.29 is 12.3 Å². The van der Waals surface area contributed by atoms with Crippen molar-refractivity contribution in [2.24, 2.45) is 0 Å². The molecule has 0 radical (unpaired) electrons. The van der Waals surface area contributed by atoms with Crippen molar-refractivity contribution in [3.8, 4) is 0 Å². The summed E-state index contributed by atoms with van der Waals surface area (Å²) in [5.74, 6) is -0.503. The van der Waals surface area contributed by atoms with Gasteiger partial charge in [0.15, 0.2) is 0 Å². The Bertz CT molecular complexity index is 393. The van der Waals surface area contributed by atoms with E-state index in [1.54, 1.807) is 18.3 Å². The molecular weight excluding hydrogens is 261 g/mol. The van der Waals surface area contributed by atoms with Gasteiger partial charge in [-0.2, -0.15) is 8.42 Å². The number of pyridine rings is 1. The van der Waals surface area contributed by atoms with Crippen LogP contribution in [0.15, 0.2) is 22.9 Å². The van der Waals surface area contributed by atoms with Gasteiger partial charge in [-0.25, -0.2) is 4.98 Å². The minimum Gasteiger partial charge on any atom is -0.249 e. The van der Waals surface area contributed by atoms with Crippen molar-refractivity contribution in [3.63, 3.8) is 0 Å². The lowest BCUT2D eigenvalue weighted by Crippen LogP contribution is -2.02. The Labute approximate surface area is 84.3 Å². The highest BCUT2D eigenvalue weighted by atomic mass is 79.9. The summed E-state index contributed by atoms with van der Waals surface area (Å²) in [6.07, 6.45) is 1.70. The average molecular weight is 268 g/mol. The molecule has 0 saturated heterocycles. The largest absolute Gasteiger partial charge is 0.302 e. The van der Waals surface area contributed by atoms with Crippen molar-refractivity contribution >= 4 is 26.2 Å². The molecule has 6 heteroatoms. The molecule has 0 amide bonds. The highest BCUT2D eigenvalue weighted by Gasteiger charge is 2.09. The van der Waals surface area contributed by atoms with Gasteiger partial charge in [0.2, 0.25) is 0 Å². The van der Waals surface area contributed by atoms with Crippen LogP contribution in [0.25, 0.3) is 0 Å². The van der Waals surface area contributed by atoms with Crippen molar-refractivity contribution in [2.45, 2.75) is 6.42 Å². The second-order valence-electron chi connectivity index (χ2n) is 2.45. The molecule has 0 aromatic carbocycles. The predicted octanol–water partition coefficient (Wildman–Crippen LogP) is 1.69. The summed E-state index contributed by atoms with van der Waals surface area (Å²) in [5, 5.41) is 0. The van der Waals surface area contributed by atoms with Crippen LogP contribution in [0.1, 0.15) is 5.56 Å². The molecule has 1 aromatic rings. The Morgan fingerprint density at radius 1 is 1.54 bits per heavy atom. The summed E-state index contributed by atoms with van der Waals surface area (Å²) in [6.45, 7) is 0. The molecule has 0 unspecified atom stereocenters. The molecule has 0 bridgehead atoms. The molecule has 0 aliphatic carbocycles. The molecule has 0 N–H and O–H groups in total. The first-order valence-electron chi connectivity index (χ1n) is 3.51. The van der Waals surface area contributed by atoms with Gasteiger partial charge in [-0.3, -0.25) is 0 Å². The van der Waals surface area contributed by atoms with Gasteiger partial charge in [0.25, 0.3) is 0 Å². The van der Waals surface area contributed by atoms with E-state index >= 15 is 0 Å². The molecule has 13 heavy (non-hydrogen) atoms. The molecule has 1 aromatic heterocycles. The molecule has 1 rings (SSSR count). The molecule has 0 fully saturated rings. The molecule has 0 aliphatic heterocycles. The third kappa shape index (κ3) is 3.82. The summed E-state index contributed by atoms with van der Waals surface area (Å²) < 4.78 is 33.1. The molecule has 3 nitrogen and oxygen atoms in total. The second kappa shape index (κ2) is 4.15. The van der Waals surface area contributed by atoms with E-state index in [0.717, 1.165) is 0 Å². The van der Waals surface area contributed by atoms with Crippen LogP contribution in [0.5, 0.6) is 0 Å².